The van der Waals surface area contributed by atoms with Crippen LogP contribution >= 0.6 is 0 Å². The number of cyclic esters (lactones) is 1. The molecule has 3 unspecified atom stereocenters. The fraction of sp³-hybridized carbons (Fsp3) is 0.824. The summed E-state index contributed by atoms with van der Waals surface area (Å²) in [5.74, 6) is 1.65. The molecule has 5 rings (SSSR count). The smallest absolute Gasteiger partial charge is 0.315 e. The number of allylic oxidation sites excluding steroid dienone is 1. The molecule has 0 radical (unpaired) electrons. The van der Waals surface area contributed by atoms with Crippen LogP contribution in [0.5, 0.6) is 0 Å². The molecule has 0 aromatic carbocycles. The molecule has 4 saturated carbocycles. The molecule has 0 aromatic heterocycles. The third kappa shape index (κ3) is 1.58. The molecule has 5 fully saturated rings. The average molecular weight is 260 g/mol. The Labute approximate surface area is 115 Å². The molecule has 3 atom stereocenters. The van der Waals surface area contributed by atoms with Crippen LogP contribution in [0.3, 0.4) is 0 Å². The lowest BCUT2D eigenvalue weighted by Crippen LogP contribution is -2.57. The third-order valence-electron chi connectivity index (χ3n) is 6.37. The van der Waals surface area contributed by atoms with Crippen molar-refractivity contribution in [2.75, 3.05) is 0 Å². The molecule has 4 bridgehead atoms. The van der Waals surface area contributed by atoms with Crippen LogP contribution < -0.4 is 0 Å². The molecule has 0 spiro atoms. The van der Waals surface area contributed by atoms with Gasteiger partial charge < -0.3 is 4.74 Å². The van der Waals surface area contributed by atoms with Crippen molar-refractivity contribution in [2.24, 2.45) is 28.1 Å². The minimum atomic E-state index is 0.0131. The highest BCUT2D eigenvalue weighted by Crippen LogP contribution is 2.72. The van der Waals surface area contributed by atoms with E-state index in [4.69, 9.17) is 4.74 Å². The Balaban J connectivity index is 1.75. The minimum Gasteiger partial charge on any atom is -0.431 e. The Morgan fingerprint density at radius 2 is 1.74 bits per heavy atom. The zero-order chi connectivity index (χ0) is 13.5. The number of ether oxygens (including phenoxy) is 1. The molecule has 104 valence electrons. The average Bonchev–Trinajstić information content (AvgIpc) is 2.52. The van der Waals surface area contributed by atoms with Crippen LogP contribution in [0.25, 0.3) is 0 Å². The second-order valence-corrected chi connectivity index (χ2v) is 8.71. The predicted octanol–water partition coefficient (Wildman–Crippen LogP) is 4.06. The minimum absolute atomic E-state index is 0.0131. The van der Waals surface area contributed by atoms with E-state index in [1.54, 1.807) is 0 Å². The van der Waals surface area contributed by atoms with Crippen molar-refractivity contribution in [3.63, 3.8) is 0 Å². The van der Waals surface area contributed by atoms with Crippen LogP contribution in [0, 0.1) is 28.1 Å². The van der Waals surface area contributed by atoms with Crippen molar-refractivity contribution in [3.8, 4) is 0 Å². The molecule has 0 aromatic rings. The Kier molecular flexibility index (Phi) is 2.06. The van der Waals surface area contributed by atoms with Crippen LogP contribution in [0.1, 0.15) is 58.8 Å². The number of rotatable bonds is 1. The summed E-state index contributed by atoms with van der Waals surface area (Å²) >= 11 is 0. The van der Waals surface area contributed by atoms with Gasteiger partial charge in [0, 0.05) is 6.42 Å². The summed E-state index contributed by atoms with van der Waals surface area (Å²) < 4.78 is 5.30. The monoisotopic (exact) mass is 260 g/mol. The highest BCUT2D eigenvalue weighted by Gasteiger charge is 2.64. The summed E-state index contributed by atoms with van der Waals surface area (Å²) in [5.41, 5.74) is 1.16. The van der Waals surface area contributed by atoms with E-state index >= 15 is 0 Å². The first-order chi connectivity index (χ1) is 8.82. The van der Waals surface area contributed by atoms with Gasteiger partial charge in [-0.05, 0) is 60.7 Å². The van der Waals surface area contributed by atoms with E-state index in [0.29, 0.717) is 16.6 Å². The summed E-state index contributed by atoms with van der Waals surface area (Å²) in [4.78, 5) is 12.2. The van der Waals surface area contributed by atoms with Crippen molar-refractivity contribution in [3.05, 3.63) is 12.3 Å². The van der Waals surface area contributed by atoms with Gasteiger partial charge in [0.05, 0.1) is 5.92 Å². The Morgan fingerprint density at radius 1 is 1.11 bits per heavy atom. The highest BCUT2D eigenvalue weighted by molar-refractivity contribution is 5.77. The Hall–Kier alpha value is -0.790. The van der Waals surface area contributed by atoms with Crippen LogP contribution in [-0.2, 0) is 9.53 Å². The lowest BCUT2D eigenvalue weighted by atomic mass is 9.38. The zero-order valence-corrected chi connectivity index (χ0v) is 12.1. The van der Waals surface area contributed by atoms with E-state index in [1.165, 1.54) is 38.5 Å². The second kappa shape index (κ2) is 3.27. The van der Waals surface area contributed by atoms with Gasteiger partial charge in [-0.15, -0.1) is 0 Å². The summed E-state index contributed by atoms with van der Waals surface area (Å²) in [6.07, 6.45) is 8.63. The molecule has 2 nitrogen and oxygen atoms in total. The first-order valence-corrected chi connectivity index (χ1v) is 7.71. The van der Waals surface area contributed by atoms with Crippen LogP contribution in [0.4, 0.5) is 0 Å². The van der Waals surface area contributed by atoms with Gasteiger partial charge in [-0.25, -0.2) is 0 Å². The number of hydrogen-bond acceptors (Lipinski definition) is 2. The van der Waals surface area contributed by atoms with Gasteiger partial charge in [-0.3, -0.25) is 4.79 Å². The maximum Gasteiger partial charge on any atom is 0.315 e. The molecule has 19 heavy (non-hydrogen) atoms. The second-order valence-electron chi connectivity index (χ2n) is 8.71. The first kappa shape index (κ1) is 12.0. The highest BCUT2D eigenvalue weighted by atomic mass is 16.5. The standard InChI is InChI=1S/C17H24O2/c1-11-4-13(14(18)19-11)17-7-12-5-15(2,9-17)8-16(3,6-12)10-17/h12-13H,1,4-10H2,2-3H3. The molecule has 1 saturated heterocycles. The molecule has 5 aliphatic rings. The molecule has 2 heteroatoms. The quantitative estimate of drug-likeness (QED) is 0.665. The van der Waals surface area contributed by atoms with E-state index in [0.717, 1.165) is 12.3 Å². The van der Waals surface area contributed by atoms with E-state index in [9.17, 15) is 4.79 Å². The van der Waals surface area contributed by atoms with Crippen LogP contribution in [0.2, 0.25) is 0 Å². The largest absolute Gasteiger partial charge is 0.431 e. The summed E-state index contributed by atoms with van der Waals surface area (Å²) in [5, 5.41) is 0. The van der Waals surface area contributed by atoms with Crippen molar-refractivity contribution < 1.29 is 9.53 Å². The van der Waals surface area contributed by atoms with Crippen LogP contribution in [0.15, 0.2) is 12.3 Å². The van der Waals surface area contributed by atoms with E-state index < -0.39 is 0 Å². The zero-order valence-electron chi connectivity index (χ0n) is 12.1. The van der Waals surface area contributed by atoms with Gasteiger partial charge in [0.25, 0.3) is 0 Å². The SMILES string of the molecule is C=C1CC(C23CC4CC(C)(CC(C)(C4)C2)C3)C(=O)O1. The predicted molar refractivity (Wildman–Crippen MR) is 73.2 cm³/mol. The van der Waals surface area contributed by atoms with Gasteiger partial charge in [0.2, 0.25) is 0 Å². The van der Waals surface area contributed by atoms with Crippen molar-refractivity contribution >= 4 is 5.97 Å². The van der Waals surface area contributed by atoms with Gasteiger partial charge in [0.15, 0.2) is 0 Å². The normalized spacial score (nSPS) is 55.7. The van der Waals surface area contributed by atoms with Gasteiger partial charge in [-0.2, -0.15) is 0 Å². The maximum absolute atomic E-state index is 12.2. The summed E-state index contributed by atoms with van der Waals surface area (Å²) in [7, 11) is 0. The lowest BCUT2D eigenvalue weighted by Gasteiger charge is -2.66. The number of carbonyl (C=O) groups excluding carboxylic acids is 1. The molecule has 1 heterocycles. The van der Waals surface area contributed by atoms with Crippen molar-refractivity contribution in [1.82, 2.24) is 0 Å². The van der Waals surface area contributed by atoms with Gasteiger partial charge in [0.1, 0.15) is 5.76 Å². The molecular formula is C17H24O2. The summed E-state index contributed by atoms with van der Waals surface area (Å²) in [6, 6.07) is 0. The molecule has 0 amide bonds. The lowest BCUT2D eigenvalue weighted by molar-refractivity contribution is -0.176. The molecule has 1 aliphatic heterocycles. The van der Waals surface area contributed by atoms with Gasteiger partial charge in [-0.1, -0.05) is 20.4 Å². The fourth-order valence-electron chi connectivity index (χ4n) is 6.96. The number of esters is 1. The number of carbonyl (C=O) groups is 1. The van der Waals surface area contributed by atoms with Crippen molar-refractivity contribution in [1.29, 1.82) is 0 Å². The van der Waals surface area contributed by atoms with E-state index in [1.807, 2.05) is 0 Å². The van der Waals surface area contributed by atoms with Gasteiger partial charge >= 0.3 is 5.97 Å². The van der Waals surface area contributed by atoms with E-state index in [2.05, 4.69) is 20.4 Å². The Bertz CT molecular complexity index is 460. The molecule has 0 N–H and O–H groups in total. The van der Waals surface area contributed by atoms with Crippen molar-refractivity contribution in [2.45, 2.75) is 58.8 Å². The Morgan fingerprint density at radius 3 is 2.21 bits per heavy atom. The topological polar surface area (TPSA) is 26.3 Å². The fourth-order valence-corrected chi connectivity index (χ4v) is 6.96. The third-order valence-corrected chi connectivity index (χ3v) is 6.37. The maximum atomic E-state index is 12.2. The van der Waals surface area contributed by atoms with Crippen LogP contribution in [-0.4, -0.2) is 5.97 Å². The first-order valence-electron chi connectivity index (χ1n) is 7.71. The van der Waals surface area contributed by atoms with E-state index in [-0.39, 0.29) is 17.3 Å². The molecular weight excluding hydrogens is 236 g/mol. The number of hydrogen-bond donors (Lipinski definition) is 0. The molecule has 4 aliphatic carbocycles. The summed E-state index contributed by atoms with van der Waals surface area (Å²) in [6.45, 7) is 8.79.